The summed E-state index contributed by atoms with van der Waals surface area (Å²) in [7, 11) is 1.81. The van der Waals surface area contributed by atoms with Crippen molar-refractivity contribution < 1.29 is 13.2 Å². The Morgan fingerprint density at radius 3 is 2.38 bits per heavy atom. The highest BCUT2D eigenvalue weighted by Crippen LogP contribution is 2.11. The van der Waals surface area contributed by atoms with Crippen molar-refractivity contribution in [1.29, 1.82) is 0 Å². The lowest BCUT2D eigenvalue weighted by molar-refractivity contribution is 0.101. The van der Waals surface area contributed by atoms with Crippen LogP contribution >= 0.6 is 10.7 Å². The summed E-state index contributed by atoms with van der Waals surface area (Å²) in [5.41, 5.74) is 0. The second-order valence-electron chi connectivity index (χ2n) is 4.12. The zero-order chi connectivity index (χ0) is 12.4. The molecule has 0 aromatic rings. The van der Waals surface area contributed by atoms with Crippen LogP contribution in [0.15, 0.2) is 0 Å². The lowest BCUT2D eigenvalue weighted by Crippen LogP contribution is -2.17. The van der Waals surface area contributed by atoms with E-state index in [4.69, 9.17) is 15.4 Å². The van der Waals surface area contributed by atoms with E-state index in [9.17, 15) is 8.42 Å². The summed E-state index contributed by atoms with van der Waals surface area (Å²) in [6, 6.07) is 0. The average molecular weight is 271 g/mol. The minimum atomic E-state index is -3.39. The summed E-state index contributed by atoms with van der Waals surface area (Å²) in [6.45, 7) is 5.33. The Bertz CT molecular complexity index is 252. The molecular weight excluding hydrogens is 248 g/mol. The molecule has 0 saturated carbocycles. The van der Waals surface area contributed by atoms with Gasteiger partial charge in [0.1, 0.15) is 0 Å². The van der Waals surface area contributed by atoms with Crippen LogP contribution in [0.4, 0.5) is 0 Å². The largest absolute Gasteiger partial charge is 0.381 e. The van der Waals surface area contributed by atoms with Crippen LogP contribution < -0.4 is 0 Å². The molecule has 0 aliphatic heterocycles. The van der Waals surface area contributed by atoms with E-state index in [1.54, 1.807) is 0 Å². The Hall–Kier alpha value is 0.200. The number of halogens is 1. The molecule has 0 aliphatic rings. The van der Waals surface area contributed by atoms with Crippen LogP contribution in [0.3, 0.4) is 0 Å². The van der Waals surface area contributed by atoms with Gasteiger partial charge in [-0.25, -0.2) is 8.42 Å². The number of hydrogen-bond donors (Lipinski definition) is 0. The van der Waals surface area contributed by atoms with Crippen LogP contribution in [0, 0.1) is 5.92 Å². The van der Waals surface area contributed by atoms with Gasteiger partial charge in [-0.15, -0.1) is 0 Å². The first-order valence-electron chi connectivity index (χ1n) is 5.99. The van der Waals surface area contributed by atoms with E-state index < -0.39 is 9.05 Å². The number of rotatable bonds is 10. The molecule has 0 saturated heterocycles. The lowest BCUT2D eigenvalue weighted by Gasteiger charge is -2.13. The van der Waals surface area contributed by atoms with E-state index in [2.05, 4.69) is 6.92 Å². The number of ether oxygens (including phenoxy) is 1. The summed E-state index contributed by atoms with van der Waals surface area (Å²) in [5.74, 6) is 0.0358. The molecule has 16 heavy (non-hydrogen) atoms. The maximum absolute atomic E-state index is 10.9. The predicted molar refractivity (Wildman–Crippen MR) is 68.4 cm³/mol. The van der Waals surface area contributed by atoms with Crippen LogP contribution in [0.5, 0.6) is 0 Å². The second-order valence-corrected chi connectivity index (χ2v) is 6.94. The monoisotopic (exact) mass is 270 g/mol. The minimum Gasteiger partial charge on any atom is -0.381 e. The van der Waals surface area contributed by atoms with E-state index in [1.165, 1.54) is 19.3 Å². The van der Waals surface area contributed by atoms with E-state index in [-0.39, 0.29) is 11.7 Å². The van der Waals surface area contributed by atoms with Gasteiger partial charge in [-0.1, -0.05) is 39.5 Å². The highest BCUT2D eigenvalue weighted by atomic mass is 35.7. The van der Waals surface area contributed by atoms with Crippen LogP contribution in [0.1, 0.15) is 46.0 Å². The molecule has 0 fully saturated rings. The first-order chi connectivity index (χ1) is 7.49. The Balaban J connectivity index is 3.56. The third-order valence-electron chi connectivity index (χ3n) is 2.51. The standard InChI is InChI=1S/C11H23ClO3S/c1-3-5-6-7-8-15-9-11(4-2)10-16(12,13)14/h11H,3-10H2,1-2H3. The van der Waals surface area contributed by atoms with Crippen molar-refractivity contribution >= 4 is 19.7 Å². The summed E-state index contributed by atoms with van der Waals surface area (Å²) in [5, 5.41) is 0. The van der Waals surface area contributed by atoms with Crippen molar-refractivity contribution in [3.05, 3.63) is 0 Å². The topological polar surface area (TPSA) is 43.4 Å². The van der Waals surface area contributed by atoms with E-state index >= 15 is 0 Å². The van der Waals surface area contributed by atoms with Crippen LogP contribution in [0.25, 0.3) is 0 Å². The molecule has 1 unspecified atom stereocenters. The Kier molecular flexibility index (Phi) is 9.37. The molecule has 0 radical (unpaired) electrons. The average Bonchev–Trinajstić information content (AvgIpc) is 2.19. The van der Waals surface area contributed by atoms with Crippen molar-refractivity contribution in [3.63, 3.8) is 0 Å². The van der Waals surface area contributed by atoms with Crippen molar-refractivity contribution in [2.75, 3.05) is 19.0 Å². The van der Waals surface area contributed by atoms with Crippen LogP contribution in [0.2, 0.25) is 0 Å². The molecule has 0 rings (SSSR count). The maximum Gasteiger partial charge on any atom is 0.232 e. The smallest absolute Gasteiger partial charge is 0.232 e. The highest BCUT2D eigenvalue weighted by Gasteiger charge is 2.15. The van der Waals surface area contributed by atoms with Gasteiger partial charge in [0.15, 0.2) is 0 Å². The maximum atomic E-state index is 10.9. The number of unbranched alkanes of at least 4 members (excludes halogenated alkanes) is 3. The first kappa shape index (κ1) is 16.2. The van der Waals surface area contributed by atoms with Gasteiger partial charge in [0, 0.05) is 17.3 Å². The van der Waals surface area contributed by atoms with Gasteiger partial charge in [-0.05, 0) is 12.3 Å². The van der Waals surface area contributed by atoms with Crippen molar-refractivity contribution in [2.45, 2.75) is 46.0 Å². The molecule has 0 aromatic heterocycles. The molecule has 0 aliphatic carbocycles. The molecule has 0 N–H and O–H groups in total. The molecule has 5 heteroatoms. The fourth-order valence-corrected chi connectivity index (χ4v) is 2.88. The van der Waals surface area contributed by atoms with Gasteiger partial charge in [0.2, 0.25) is 9.05 Å². The van der Waals surface area contributed by atoms with Gasteiger partial charge < -0.3 is 4.74 Å². The van der Waals surface area contributed by atoms with Gasteiger partial charge in [0.25, 0.3) is 0 Å². The molecule has 98 valence electrons. The van der Waals surface area contributed by atoms with Crippen LogP contribution in [-0.4, -0.2) is 27.4 Å². The van der Waals surface area contributed by atoms with Crippen LogP contribution in [-0.2, 0) is 13.8 Å². The quantitative estimate of drug-likeness (QED) is 0.452. The fraction of sp³-hybridized carbons (Fsp3) is 1.00. The molecule has 1 atom stereocenters. The molecule has 0 amide bonds. The zero-order valence-electron chi connectivity index (χ0n) is 10.2. The van der Waals surface area contributed by atoms with Crippen molar-refractivity contribution in [2.24, 2.45) is 5.92 Å². The Labute approximate surface area is 104 Å². The Morgan fingerprint density at radius 1 is 1.19 bits per heavy atom. The summed E-state index contributed by atoms with van der Waals surface area (Å²) < 4.78 is 27.2. The lowest BCUT2D eigenvalue weighted by atomic mass is 10.1. The summed E-state index contributed by atoms with van der Waals surface area (Å²) in [4.78, 5) is 0. The highest BCUT2D eigenvalue weighted by molar-refractivity contribution is 8.13. The number of hydrogen-bond acceptors (Lipinski definition) is 3. The van der Waals surface area contributed by atoms with E-state index in [0.717, 1.165) is 19.4 Å². The van der Waals surface area contributed by atoms with Gasteiger partial charge in [0.05, 0.1) is 12.4 Å². The predicted octanol–water partition coefficient (Wildman–Crippen LogP) is 3.18. The molecule has 0 aromatic carbocycles. The minimum absolute atomic E-state index is 0.0139. The third-order valence-corrected chi connectivity index (χ3v) is 3.76. The van der Waals surface area contributed by atoms with Gasteiger partial charge in [-0.3, -0.25) is 0 Å². The normalized spacial score (nSPS) is 13.9. The summed E-state index contributed by atoms with van der Waals surface area (Å²) in [6.07, 6.45) is 5.46. The molecule has 0 heterocycles. The third kappa shape index (κ3) is 10.7. The molecule has 0 spiro atoms. The van der Waals surface area contributed by atoms with Gasteiger partial charge >= 0.3 is 0 Å². The summed E-state index contributed by atoms with van der Waals surface area (Å²) >= 11 is 0. The fourth-order valence-electron chi connectivity index (χ4n) is 1.45. The molecule has 3 nitrogen and oxygen atoms in total. The zero-order valence-corrected chi connectivity index (χ0v) is 11.8. The van der Waals surface area contributed by atoms with Gasteiger partial charge in [-0.2, -0.15) is 0 Å². The first-order valence-corrected chi connectivity index (χ1v) is 8.47. The van der Waals surface area contributed by atoms with Crippen molar-refractivity contribution in [3.8, 4) is 0 Å². The molecule has 0 bridgehead atoms. The SMILES string of the molecule is CCCCCCOCC(CC)CS(=O)(=O)Cl. The van der Waals surface area contributed by atoms with E-state index in [0.29, 0.717) is 6.61 Å². The Morgan fingerprint density at radius 2 is 1.88 bits per heavy atom. The molecular formula is C11H23ClO3S. The van der Waals surface area contributed by atoms with E-state index in [1.807, 2.05) is 6.92 Å². The van der Waals surface area contributed by atoms with Crippen molar-refractivity contribution in [1.82, 2.24) is 0 Å². The second kappa shape index (κ2) is 9.25.